The Balaban J connectivity index is 2.39. The molecule has 0 spiro atoms. The zero-order valence-electron chi connectivity index (χ0n) is 7.95. The molecule has 1 amide bonds. The molecule has 2 unspecified atom stereocenters. The molecule has 0 aromatic heterocycles. The summed E-state index contributed by atoms with van der Waals surface area (Å²) in [7, 11) is 1.75. The van der Waals surface area contributed by atoms with Gasteiger partial charge in [-0.3, -0.25) is 9.59 Å². The van der Waals surface area contributed by atoms with Gasteiger partial charge in [0.05, 0.1) is 19.1 Å². The predicted molar refractivity (Wildman–Crippen MR) is 47.8 cm³/mol. The summed E-state index contributed by atoms with van der Waals surface area (Å²) in [5.41, 5.74) is 0. The number of carbonyl (C=O) groups excluding carboxylic acids is 1. The Morgan fingerprint density at radius 3 is 2.79 bits per heavy atom. The normalized spacial score (nSPS) is 26.1. The monoisotopic (exact) mass is 202 g/mol. The Labute approximate surface area is 81.6 Å². The van der Waals surface area contributed by atoms with Crippen LogP contribution in [0, 0.1) is 5.92 Å². The van der Waals surface area contributed by atoms with Gasteiger partial charge in [0.25, 0.3) is 0 Å². The zero-order valence-corrected chi connectivity index (χ0v) is 7.95. The third-order valence-electron chi connectivity index (χ3n) is 2.20. The van der Waals surface area contributed by atoms with E-state index in [2.05, 4.69) is 10.6 Å². The average molecular weight is 202 g/mol. The van der Waals surface area contributed by atoms with Crippen LogP contribution in [0.3, 0.4) is 0 Å². The molecule has 6 nitrogen and oxygen atoms in total. The van der Waals surface area contributed by atoms with Crippen molar-refractivity contribution in [3.63, 3.8) is 0 Å². The van der Waals surface area contributed by atoms with Gasteiger partial charge < -0.3 is 20.5 Å². The number of rotatable bonds is 4. The van der Waals surface area contributed by atoms with E-state index in [0.29, 0.717) is 13.2 Å². The highest BCUT2D eigenvalue weighted by Gasteiger charge is 2.32. The number of carbonyl (C=O) groups is 2. The molecule has 1 rings (SSSR count). The van der Waals surface area contributed by atoms with Crippen LogP contribution in [0.25, 0.3) is 0 Å². The van der Waals surface area contributed by atoms with Gasteiger partial charge >= 0.3 is 5.97 Å². The second-order valence-corrected chi connectivity index (χ2v) is 3.15. The van der Waals surface area contributed by atoms with Gasteiger partial charge in [0, 0.05) is 6.04 Å². The zero-order chi connectivity index (χ0) is 10.6. The summed E-state index contributed by atoms with van der Waals surface area (Å²) in [6.45, 7) is 0.490. The first kappa shape index (κ1) is 10.9. The van der Waals surface area contributed by atoms with Crippen LogP contribution in [-0.2, 0) is 14.3 Å². The molecule has 6 heteroatoms. The number of amides is 1. The van der Waals surface area contributed by atoms with Gasteiger partial charge in [0.2, 0.25) is 5.91 Å². The SMILES string of the molecule is CNC1COCC1C(=O)NCC(=O)O. The van der Waals surface area contributed by atoms with E-state index in [1.807, 2.05) is 0 Å². The highest BCUT2D eigenvalue weighted by molar-refractivity contribution is 5.83. The number of carboxylic acids is 1. The third-order valence-corrected chi connectivity index (χ3v) is 2.20. The molecule has 0 bridgehead atoms. The van der Waals surface area contributed by atoms with Gasteiger partial charge in [-0.25, -0.2) is 0 Å². The molecule has 0 aromatic rings. The maximum absolute atomic E-state index is 11.4. The molecular weight excluding hydrogens is 188 g/mol. The fourth-order valence-electron chi connectivity index (χ4n) is 1.39. The quantitative estimate of drug-likeness (QED) is 0.512. The van der Waals surface area contributed by atoms with Gasteiger partial charge in [-0.15, -0.1) is 0 Å². The average Bonchev–Trinajstić information content (AvgIpc) is 2.61. The molecular formula is C8H14N2O4. The molecule has 1 saturated heterocycles. The molecule has 1 fully saturated rings. The summed E-state index contributed by atoms with van der Waals surface area (Å²) in [5.74, 6) is -1.61. The van der Waals surface area contributed by atoms with Gasteiger partial charge in [0.15, 0.2) is 0 Å². The second-order valence-electron chi connectivity index (χ2n) is 3.15. The van der Waals surface area contributed by atoms with Crippen LogP contribution in [0.2, 0.25) is 0 Å². The van der Waals surface area contributed by atoms with Crippen LogP contribution in [0.1, 0.15) is 0 Å². The minimum absolute atomic E-state index is 0.0243. The summed E-state index contributed by atoms with van der Waals surface area (Å²) < 4.78 is 5.12. The van der Waals surface area contributed by atoms with Crippen molar-refractivity contribution in [3.05, 3.63) is 0 Å². The molecule has 0 radical (unpaired) electrons. The van der Waals surface area contributed by atoms with Crippen molar-refractivity contribution < 1.29 is 19.4 Å². The van der Waals surface area contributed by atoms with Crippen molar-refractivity contribution in [2.75, 3.05) is 26.8 Å². The van der Waals surface area contributed by atoms with E-state index in [-0.39, 0.29) is 24.4 Å². The number of aliphatic carboxylic acids is 1. The van der Waals surface area contributed by atoms with E-state index < -0.39 is 5.97 Å². The fraction of sp³-hybridized carbons (Fsp3) is 0.750. The van der Waals surface area contributed by atoms with Crippen molar-refractivity contribution in [1.29, 1.82) is 0 Å². The van der Waals surface area contributed by atoms with Gasteiger partial charge in [0.1, 0.15) is 6.54 Å². The molecule has 3 N–H and O–H groups in total. The number of carboxylic acid groups (broad SMARTS) is 1. The molecule has 1 aliphatic heterocycles. The maximum Gasteiger partial charge on any atom is 0.322 e. The Bertz CT molecular complexity index is 231. The lowest BCUT2D eigenvalue weighted by molar-refractivity contribution is -0.138. The number of hydrogen-bond acceptors (Lipinski definition) is 4. The summed E-state index contributed by atoms with van der Waals surface area (Å²) in [5, 5.41) is 13.6. The summed E-state index contributed by atoms with van der Waals surface area (Å²) in [6, 6.07) is -0.0243. The molecule has 14 heavy (non-hydrogen) atoms. The smallest absolute Gasteiger partial charge is 0.322 e. The first-order valence-electron chi connectivity index (χ1n) is 4.39. The highest BCUT2D eigenvalue weighted by atomic mass is 16.5. The summed E-state index contributed by atoms with van der Waals surface area (Å²) in [6.07, 6.45) is 0. The van der Waals surface area contributed by atoms with Crippen molar-refractivity contribution in [1.82, 2.24) is 10.6 Å². The second kappa shape index (κ2) is 4.92. The summed E-state index contributed by atoms with van der Waals surface area (Å²) >= 11 is 0. The Morgan fingerprint density at radius 1 is 1.50 bits per heavy atom. The minimum atomic E-state index is -1.04. The summed E-state index contributed by atoms with van der Waals surface area (Å²) in [4.78, 5) is 21.6. The number of likely N-dealkylation sites (N-methyl/N-ethyl adjacent to an activating group) is 1. The van der Waals surface area contributed by atoms with E-state index in [1.165, 1.54) is 0 Å². The Morgan fingerprint density at radius 2 is 2.21 bits per heavy atom. The van der Waals surface area contributed by atoms with Crippen molar-refractivity contribution in [2.24, 2.45) is 5.92 Å². The lowest BCUT2D eigenvalue weighted by atomic mass is 10.0. The van der Waals surface area contributed by atoms with Gasteiger partial charge in [-0.2, -0.15) is 0 Å². The van der Waals surface area contributed by atoms with Crippen LogP contribution in [0.5, 0.6) is 0 Å². The topological polar surface area (TPSA) is 87.7 Å². The molecule has 1 heterocycles. The largest absolute Gasteiger partial charge is 0.480 e. The molecule has 0 aliphatic carbocycles. The van der Waals surface area contributed by atoms with Crippen LogP contribution in [-0.4, -0.2) is 49.8 Å². The lowest BCUT2D eigenvalue weighted by Gasteiger charge is -2.15. The molecule has 0 aromatic carbocycles. The van der Waals surface area contributed by atoms with Gasteiger partial charge in [-0.1, -0.05) is 0 Å². The van der Waals surface area contributed by atoms with E-state index in [0.717, 1.165) is 0 Å². The van der Waals surface area contributed by atoms with Crippen molar-refractivity contribution >= 4 is 11.9 Å². The van der Waals surface area contributed by atoms with Crippen LogP contribution in [0.15, 0.2) is 0 Å². The lowest BCUT2D eigenvalue weighted by Crippen LogP contribution is -2.43. The number of ether oxygens (including phenoxy) is 1. The van der Waals surface area contributed by atoms with Crippen molar-refractivity contribution in [3.8, 4) is 0 Å². The van der Waals surface area contributed by atoms with Crippen LogP contribution >= 0.6 is 0 Å². The molecule has 2 atom stereocenters. The predicted octanol–water partition coefficient (Wildman–Crippen LogP) is -1.58. The number of nitrogens with one attached hydrogen (secondary N) is 2. The van der Waals surface area contributed by atoms with Crippen LogP contribution < -0.4 is 10.6 Å². The fourth-order valence-corrected chi connectivity index (χ4v) is 1.39. The van der Waals surface area contributed by atoms with Crippen LogP contribution in [0.4, 0.5) is 0 Å². The van der Waals surface area contributed by atoms with E-state index in [1.54, 1.807) is 7.05 Å². The minimum Gasteiger partial charge on any atom is -0.480 e. The first-order chi connectivity index (χ1) is 6.65. The molecule has 80 valence electrons. The van der Waals surface area contributed by atoms with E-state index in [4.69, 9.17) is 9.84 Å². The van der Waals surface area contributed by atoms with E-state index in [9.17, 15) is 9.59 Å². The van der Waals surface area contributed by atoms with Gasteiger partial charge in [-0.05, 0) is 7.05 Å². The van der Waals surface area contributed by atoms with E-state index >= 15 is 0 Å². The molecule has 1 aliphatic rings. The number of hydrogen-bond donors (Lipinski definition) is 3. The first-order valence-corrected chi connectivity index (χ1v) is 4.39. The Kier molecular flexibility index (Phi) is 3.84. The molecule has 0 saturated carbocycles. The highest BCUT2D eigenvalue weighted by Crippen LogP contribution is 2.12. The van der Waals surface area contributed by atoms with Crippen molar-refractivity contribution in [2.45, 2.75) is 6.04 Å². The standard InChI is InChI=1S/C8H14N2O4/c1-9-6-4-14-3-5(6)8(13)10-2-7(11)12/h5-6,9H,2-4H2,1H3,(H,10,13)(H,11,12). The Hall–Kier alpha value is -1.14. The maximum atomic E-state index is 11.4. The third kappa shape index (κ3) is 2.68.